The number of nitrogens with zero attached hydrogens (tertiary/aromatic N) is 1. The Kier molecular flexibility index (Phi) is 9.48. The third-order valence-electron chi connectivity index (χ3n) is 2.53. The van der Waals surface area contributed by atoms with Crippen LogP contribution in [0.3, 0.4) is 0 Å². The zero-order valence-corrected chi connectivity index (χ0v) is 11.8. The fourth-order valence-corrected chi connectivity index (χ4v) is 1.60. The van der Waals surface area contributed by atoms with Gasteiger partial charge in [-0.2, -0.15) is 0 Å². The Labute approximate surface area is 114 Å². The summed E-state index contributed by atoms with van der Waals surface area (Å²) in [4.78, 5) is 35.3. The summed E-state index contributed by atoms with van der Waals surface area (Å²) in [5.74, 6) is -1.23. The lowest BCUT2D eigenvalue weighted by atomic mass is 10.2. The number of amides is 2. The summed E-state index contributed by atoms with van der Waals surface area (Å²) in [6.45, 7) is 5.07. The van der Waals surface area contributed by atoms with Crippen molar-refractivity contribution in [2.75, 3.05) is 19.6 Å². The monoisotopic (exact) mass is 272 g/mol. The Balaban J connectivity index is 4.17. The average molecular weight is 272 g/mol. The molecule has 0 aromatic carbocycles. The Bertz CT molecular complexity index is 305. The summed E-state index contributed by atoms with van der Waals surface area (Å²) in [7, 11) is 0. The lowest BCUT2D eigenvalue weighted by Gasteiger charge is -2.21. The van der Waals surface area contributed by atoms with Crippen molar-refractivity contribution in [3.63, 3.8) is 0 Å². The fraction of sp³-hybridized carbons (Fsp3) is 0.769. The molecule has 0 aliphatic carbocycles. The van der Waals surface area contributed by atoms with Gasteiger partial charge in [-0.3, -0.25) is 14.4 Å². The molecule has 0 aliphatic heterocycles. The molecule has 2 amide bonds. The molecule has 0 aromatic heterocycles. The lowest BCUT2D eigenvalue weighted by Crippen LogP contribution is -2.41. The molecule has 110 valence electrons. The molecule has 0 aliphatic rings. The molecular formula is C13H24N2O4. The van der Waals surface area contributed by atoms with Crippen LogP contribution in [0.1, 0.15) is 46.0 Å². The second-order valence-electron chi connectivity index (χ2n) is 4.41. The number of carboxylic acids is 1. The number of hydrogen-bond acceptors (Lipinski definition) is 3. The smallest absolute Gasteiger partial charge is 0.303 e. The number of nitrogens with one attached hydrogen (secondary N) is 1. The SMILES string of the molecule is CCCNC(=O)CN(CCC)C(=O)CCCC(=O)O. The van der Waals surface area contributed by atoms with Crippen LogP contribution in [0.15, 0.2) is 0 Å². The van der Waals surface area contributed by atoms with Crippen molar-refractivity contribution in [1.29, 1.82) is 0 Å². The number of rotatable bonds is 10. The highest BCUT2D eigenvalue weighted by atomic mass is 16.4. The minimum atomic E-state index is -0.907. The quantitative estimate of drug-likeness (QED) is 0.621. The van der Waals surface area contributed by atoms with Gasteiger partial charge in [-0.15, -0.1) is 0 Å². The van der Waals surface area contributed by atoms with E-state index in [2.05, 4.69) is 5.32 Å². The van der Waals surface area contributed by atoms with Gasteiger partial charge in [-0.1, -0.05) is 13.8 Å². The minimum absolute atomic E-state index is 0.0201. The molecule has 0 aromatic rings. The molecule has 2 N–H and O–H groups in total. The van der Waals surface area contributed by atoms with E-state index in [-0.39, 0.29) is 31.2 Å². The van der Waals surface area contributed by atoms with E-state index < -0.39 is 5.97 Å². The Hall–Kier alpha value is -1.59. The molecule has 0 bridgehead atoms. The molecule has 0 spiro atoms. The molecule has 0 unspecified atom stereocenters. The zero-order chi connectivity index (χ0) is 14.7. The van der Waals surface area contributed by atoms with E-state index in [1.54, 1.807) is 0 Å². The first-order valence-corrected chi connectivity index (χ1v) is 6.77. The zero-order valence-electron chi connectivity index (χ0n) is 11.8. The van der Waals surface area contributed by atoms with E-state index in [9.17, 15) is 14.4 Å². The maximum absolute atomic E-state index is 11.9. The van der Waals surface area contributed by atoms with E-state index in [0.717, 1.165) is 12.8 Å². The Morgan fingerprint density at radius 3 is 2.32 bits per heavy atom. The third-order valence-corrected chi connectivity index (χ3v) is 2.53. The van der Waals surface area contributed by atoms with Gasteiger partial charge >= 0.3 is 5.97 Å². The van der Waals surface area contributed by atoms with E-state index in [1.807, 2.05) is 13.8 Å². The Morgan fingerprint density at radius 2 is 1.79 bits per heavy atom. The number of carboxylic acid groups (broad SMARTS) is 1. The molecule has 0 radical (unpaired) electrons. The normalized spacial score (nSPS) is 10.0. The van der Waals surface area contributed by atoms with Crippen LogP contribution in [0, 0.1) is 0 Å². The highest BCUT2D eigenvalue weighted by molar-refractivity contribution is 5.84. The van der Waals surface area contributed by atoms with E-state index >= 15 is 0 Å². The van der Waals surface area contributed by atoms with Gasteiger partial charge in [0.05, 0.1) is 6.54 Å². The lowest BCUT2D eigenvalue weighted by molar-refractivity contribution is -0.138. The first-order chi connectivity index (χ1) is 9.01. The van der Waals surface area contributed by atoms with Gasteiger partial charge in [-0.25, -0.2) is 0 Å². The van der Waals surface area contributed by atoms with Gasteiger partial charge in [0, 0.05) is 25.9 Å². The minimum Gasteiger partial charge on any atom is -0.481 e. The van der Waals surface area contributed by atoms with Crippen LogP contribution >= 0.6 is 0 Å². The van der Waals surface area contributed by atoms with Crippen LogP contribution < -0.4 is 5.32 Å². The molecule has 0 saturated carbocycles. The van der Waals surface area contributed by atoms with Gasteiger partial charge in [0.2, 0.25) is 11.8 Å². The standard InChI is InChI=1S/C13H24N2O4/c1-3-8-14-11(16)10-15(9-4-2)12(17)6-5-7-13(18)19/h3-10H2,1-2H3,(H,14,16)(H,18,19). The predicted molar refractivity (Wildman–Crippen MR) is 71.7 cm³/mol. The van der Waals surface area contributed by atoms with Gasteiger partial charge in [0.25, 0.3) is 0 Å². The van der Waals surface area contributed by atoms with E-state index in [1.165, 1.54) is 4.90 Å². The van der Waals surface area contributed by atoms with Crippen molar-refractivity contribution in [2.24, 2.45) is 0 Å². The van der Waals surface area contributed by atoms with Crippen molar-refractivity contribution < 1.29 is 19.5 Å². The summed E-state index contributed by atoms with van der Waals surface area (Å²) in [6, 6.07) is 0. The van der Waals surface area contributed by atoms with Crippen LogP contribution in [0.2, 0.25) is 0 Å². The third kappa shape index (κ3) is 9.04. The van der Waals surface area contributed by atoms with Gasteiger partial charge in [0.1, 0.15) is 0 Å². The van der Waals surface area contributed by atoms with Gasteiger partial charge in [-0.05, 0) is 19.3 Å². The summed E-state index contributed by atoms with van der Waals surface area (Å²) in [5.41, 5.74) is 0. The summed E-state index contributed by atoms with van der Waals surface area (Å²) in [5, 5.41) is 11.2. The largest absolute Gasteiger partial charge is 0.481 e. The van der Waals surface area contributed by atoms with E-state index in [4.69, 9.17) is 5.11 Å². The number of carbonyl (C=O) groups is 3. The number of aliphatic carboxylic acids is 1. The van der Waals surface area contributed by atoms with Crippen molar-refractivity contribution in [1.82, 2.24) is 10.2 Å². The van der Waals surface area contributed by atoms with Crippen molar-refractivity contribution in [3.05, 3.63) is 0 Å². The molecule has 6 nitrogen and oxygen atoms in total. The molecule has 0 atom stereocenters. The summed E-state index contributed by atoms with van der Waals surface area (Å²) < 4.78 is 0. The highest BCUT2D eigenvalue weighted by Crippen LogP contribution is 2.02. The van der Waals surface area contributed by atoms with Gasteiger partial charge < -0.3 is 15.3 Å². The molecule has 0 fully saturated rings. The molecule has 0 rings (SSSR count). The topological polar surface area (TPSA) is 86.7 Å². The van der Waals surface area contributed by atoms with Crippen LogP contribution in [-0.2, 0) is 14.4 Å². The van der Waals surface area contributed by atoms with Crippen LogP contribution in [0.25, 0.3) is 0 Å². The van der Waals surface area contributed by atoms with Gasteiger partial charge in [0.15, 0.2) is 0 Å². The average Bonchev–Trinajstić information content (AvgIpc) is 2.35. The van der Waals surface area contributed by atoms with Crippen molar-refractivity contribution in [2.45, 2.75) is 46.0 Å². The highest BCUT2D eigenvalue weighted by Gasteiger charge is 2.16. The summed E-state index contributed by atoms with van der Waals surface area (Å²) in [6.07, 6.45) is 2.09. The predicted octanol–water partition coefficient (Wildman–Crippen LogP) is 1.01. The van der Waals surface area contributed by atoms with Crippen molar-refractivity contribution in [3.8, 4) is 0 Å². The second kappa shape index (κ2) is 10.3. The summed E-state index contributed by atoms with van der Waals surface area (Å²) >= 11 is 0. The molecule has 0 saturated heterocycles. The van der Waals surface area contributed by atoms with E-state index in [0.29, 0.717) is 19.5 Å². The molecule has 0 heterocycles. The second-order valence-corrected chi connectivity index (χ2v) is 4.41. The van der Waals surface area contributed by atoms with Crippen LogP contribution in [0.4, 0.5) is 0 Å². The molecule has 6 heteroatoms. The first-order valence-electron chi connectivity index (χ1n) is 6.77. The fourth-order valence-electron chi connectivity index (χ4n) is 1.60. The number of hydrogen-bond donors (Lipinski definition) is 2. The maximum Gasteiger partial charge on any atom is 0.303 e. The molecular weight excluding hydrogens is 248 g/mol. The first kappa shape index (κ1) is 17.4. The van der Waals surface area contributed by atoms with Crippen LogP contribution in [0.5, 0.6) is 0 Å². The van der Waals surface area contributed by atoms with Crippen molar-refractivity contribution >= 4 is 17.8 Å². The maximum atomic E-state index is 11.9. The number of carbonyl (C=O) groups excluding carboxylic acids is 2. The Morgan fingerprint density at radius 1 is 1.11 bits per heavy atom. The molecule has 19 heavy (non-hydrogen) atoms. The van der Waals surface area contributed by atoms with Crippen LogP contribution in [-0.4, -0.2) is 47.4 Å².